The van der Waals surface area contributed by atoms with Crippen molar-refractivity contribution in [2.75, 3.05) is 6.61 Å². The van der Waals surface area contributed by atoms with E-state index in [0.717, 1.165) is 0 Å². The predicted molar refractivity (Wildman–Crippen MR) is 93.3 cm³/mol. The molecule has 1 aliphatic rings. The zero-order valence-electron chi connectivity index (χ0n) is 16.3. The van der Waals surface area contributed by atoms with Crippen molar-refractivity contribution in [2.24, 2.45) is 11.7 Å². The van der Waals surface area contributed by atoms with Gasteiger partial charge in [-0.15, -0.1) is 0 Å². The van der Waals surface area contributed by atoms with Gasteiger partial charge >= 0.3 is 5.97 Å². The number of aliphatic hydroxyl groups is 2. The number of aromatic amines is 1. The second-order valence-electron chi connectivity index (χ2n) is 6.90. The van der Waals surface area contributed by atoms with Gasteiger partial charge in [0.2, 0.25) is 5.60 Å². The zero-order valence-corrected chi connectivity index (χ0v) is 15.3. The summed E-state index contributed by atoms with van der Waals surface area (Å²) in [6.45, 7) is 2.81. The lowest BCUT2D eigenvalue weighted by molar-refractivity contribution is -0.159. The molecule has 0 aliphatic carbocycles. The normalized spacial score (nSPS) is 28.9. The van der Waals surface area contributed by atoms with Gasteiger partial charge in [0.05, 0.1) is 13.7 Å². The number of fused-ring (bicyclic) bond motifs is 1. The van der Waals surface area contributed by atoms with Crippen LogP contribution in [0.15, 0.2) is 18.4 Å². The number of nitrogens with two attached hydrogens (primary N) is 1. The quantitative estimate of drug-likeness (QED) is 0.382. The topological polar surface area (TPSA) is 183 Å². The molecule has 3 heterocycles. The molecule has 150 valence electrons. The smallest absolute Gasteiger partial charge is 0.323 e. The molecule has 6 N–H and O–H groups in total. The number of H-pyrrole nitrogens is 1. The van der Waals surface area contributed by atoms with Gasteiger partial charge in [-0.25, -0.2) is 4.98 Å². The second-order valence-corrected chi connectivity index (χ2v) is 6.90. The summed E-state index contributed by atoms with van der Waals surface area (Å²) in [6.07, 6.45) is -3.08. The van der Waals surface area contributed by atoms with Gasteiger partial charge in [0.15, 0.2) is 11.6 Å². The molecular formula is C17H22N6O5. The Labute approximate surface area is 161 Å². The molecule has 11 heteroatoms. The molecule has 1 fully saturated rings. The second kappa shape index (κ2) is 7.33. The molecule has 1 aliphatic heterocycles. The van der Waals surface area contributed by atoms with Crippen LogP contribution in [-0.4, -0.2) is 61.7 Å². The molecule has 5 atom stereocenters. The third-order valence-electron chi connectivity index (χ3n) is 4.82. The number of ether oxygens (including phenoxy) is 2. The Kier molecular flexibility index (Phi) is 4.86. The summed E-state index contributed by atoms with van der Waals surface area (Å²) in [7, 11) is 0. The van der Waals surface area contributed by atoms with E-state index in [0.29, 0.717) is 0 Å². The predicted octanol–water partition coefficient (Wildman–Crippen LogP) is -1.49. The van der Waals surface area contributed by atoms with Crippen molar-refractivity contribution in [3.8, 4) is 6.07 Å². The Hall–Kier alpha value is -2.78. The standard InChI is InChI=1S/C17H22N6O5/c1-8(2)12(19)16(26)27-13-10(5-24)28-17(6-18,14(13)25)11-4-3-9-15(20)21-7-22-23(9)11/h3-4,7-8,10,12-14,24-25H,5,19H2,1-2H3,(H2,20,21,22)/t10-,12+,13-,14-,17+/m1/s1/i3D. The molecule has 0 bridgehead atoms. The third-order valence-corrected chi connectivity index (χ3v) is 4.82. The highest BCUT2D eigenvalue weighted by molar-refractivity contribution is 5.76. The van der Waals surface area contributed by atoms with E-state index >= 15 is 0 Å². The molecule has 28 heavy (non-hydrogen) atoms. The van der Waals surface area contributed by atoms with E-state index < -0.39 is 42.5 Å². The van der Waals surface area contributed by atoms with Gasteiger partial charge in [-0.1, -0.05) is 13.8 Å². The molecule has 0 spiro atoms. The summed E-state index contributed by atoms with van der Waals surface area (Å²) in [4.78, 5) is 16.0. The maximum atomic E-state index is 12.3. The third kappa shape index (κ3) is 2.96. The zero-order chi connectivity index (χ0) is 21.5. The van der Waals surface area contributed by atoms with E-state index in [1.165, 1.54) is 16.9 Å². The first-order valence-corrected chi connectivity index (χ1v) is 8.62. The van der Waals surface area contributed by atoms with Gasteiger partial charge < -0.3 is 25.4 Å². The monoisotopic (exact) mass is 391 g/mol. The highest BCUT2D eigenvalue weighted by atomic mass is 16.6. The number of nitriles is 1. The Bertz CT molecular complexity index is 1030. The van der Waals surface area contributed by atoms with Gasteiger partial charge in [0.1, 0.15) is 36.2 Å². The lowest BCUT2D eigenvalue weighted by Crippen LogP contribution is -2.46. The number of esters is 1. The number of nitrogens with zero attached hydrogens (tertiary/aromatic N) is 3. The fourth-order valence-corrected chi connectivity index (χ4v) is 3.12. The highest BCUT2D eigenvalue weighted by Crippen LogP contribution is 2.41. The number of carbonyl (C=O) groups is 1. The van der Waals surface area contributed by atoms with Crippen LogP contribution < -0.4 is 11.2 Å². The van der Waals surface area contributed by atoms with Crippen molar-refractivity contribution >= 4 is 11.5 Å². The Morgan fingerprint density at radius 1 is 1.71 bits per heavy atom. The van der Waals surface area contributed by atoms with Crippen LogP contribution in [0.1, 0.15) is 20.9 Å². The van der Waals surface area contributed by atoms with E-state index in [1.54, 1.807) is 13.8 Å². The van der Waals surface area contributed by atoms with Crippen molar-refractivity contribution in [3.63, 3.8) is 0 Å². The van der Waals surface area contributed by atoms with Gasteiger partial charge in [-0.05, 0) is 18.0 Å². The summed E-state index contributed by atoms with van der Waals surface area (Å²) in [5.41, 5.74) is 3.57. The van der Waals surface area contributed by atoms with E-state index in [2.05, 4.69) is 10.1 Å². The molecule has 0 saturated carbocycles. The van der Waals surface area contributed by atoms with Gasteiger partial charge in [-0.3, -0.25) is 19.8 Å². The molecule has 0 aromatic carbocycles. The van der Waals surface area contributed by atoms with E-state index in [1.807, 2.05) is 6.07 Å². The van der Waals surface area contributed by atoms with Gasteiger partial charge in [-0.2, -0.15) is 5.26 Å². The first-order valence-electron chi connectivity index (χ1n) is 9.12. The van der Waals surface area contributed by atoms with Crippen LogP contribution in [0, 0.1) is 22.7 Å². The SMILES string of the molecule is [2H]c1cc([C@]2(C#N)O[C@H](CO)[C@@H](OC(=O)[C@@H](N)C(C)C)[C@H]2O)n2[nH]cnc(=N)c12. The molecular weight excluding hydrogens is 368 g/mol. The Morgan fingerprint density at radius 3 is 3.04 bits per heavy atom. The molecule has 0 amide bonds. The molecule has 0 radical (unpaired) electrons. The summed E-state index contributed by atoms with van der Waals surface area (Å²) in [6, 6.07) is 2.04. The number of rotatable bonds is 5. The number of aromatic nitrogens is 3. The van der Waals surface area contributed by atoms with E-state index in [9.17, 15) is 20.3 Å². The van der Waals surface area contributed by atoms with Gasteiger partial charge in [0, 0.05) is 0 Å². The van der Waals surface area contributed by atoms with Crippen molar-refractivity contribution in [1.29, 1.82) is 10.7 Å². The van der Waals surface area contributed by atoms with Gasteiger partial charge in [0.25, 0.3) is 0 Å². The summed E-state index contributed by atoms with van der Waals surface area (Å²) >= 11 is 0. The van der Waals surface area contributed by atoms with E-state index in [-0.39, 0.29) is 28.7 Å². The van der Waals surface area contributed by atoms with Crippen LogP contribution in [0.4, 0.5) is 0 Å². The largest absolute Gasteiger partial charge is 0.455 e. The molecule has 2 aromatic heterocycles. The summed E-state index contributed by atoms with van der Waals surface area (Å²) in [5.74, 6) is -1.03. The van der Waals surface area contributed by atoms with Crippen LogP contribution in [0.3, 0.4) is 0 Å². The minimum atomic E-state index is -2.08. The number of nitrogens with one attached hydrogen (secondary N) is 2. The number of hydrogen-bond acceptors (Lipinski definition) is 9. The van der Waals surface area contributed by atoms with Crippen LogP contribution in [0.25, 0.3) is 5.52 Å². The van der Waals surface area contributed by atoms with Crippen molar-refractivity contribution in [2.45, 2.75) is 43.8 Å². The van der Waals surface area contributed by atoms with Crippen molar-refractivity contribution in [1.82, 2.24) is 14.6 Å². The summed E-state index contributed by atoms with van der Waals surface area (Å²) < 4.78 is 20.3. The molecule has 11 nitrogen and oxygen atoms in total. The van der Waals surface area contributed by atoms with Crippen LogP contribution in [0.5, 0.6) is 0 Å². The average molecular weight is 391 g/mol. The number of hydrogen-bond donors (Lipinski definition) is 5. The average Bonchev–Trinajstić information content (AvgIpc) is 3.17. The van der Waals surface area contributed by atoms with Crippen molar-refractivity contribution in [3.05, 3.63) is 29.6 Å². The molecule has 0 unspecified atom stereocenters. The van der Waals surface area contributed by atoms with Crippen LogP contribution >= 0.6 is 0 Å². The lowest BCUT2D eigenvalue weighted by atomic mass is 9.92. The lowest BCUT2D eigenvalue weighted by Gasteiger charge is -2.25. The minimum Gasteiger partial charge on any atom is -0.455 e. The first kappa shape index (κ1) is 18.6. The minimum absolute atomic E-state index is 0.00792. The molecule has 3 rings (SSSR count). The Morgan fingerprint density at radius 2 is 2.43 bits per heavy atom. The number of carbonyl (C=O) groups excluding carboxylic acids is 1. The molecule has 2 aromatic rings. The highest BCUT2D eigenvalue weighted by Gasteiger charge is 2.59. The Balaban J connectivity index is 2.07. The first-order chi connectivity index (χ1) is 13.7. The van der Waals surface area contributed by atoms with Crippen LogP contribution in [-0.2, 0) is 19.9 Å². The van der Waals surface area contributed by atoms with E-state index in [4.69, 9.17) is 22.0 Å². The molecule has 1 saturated heterocycles. The van der Waals surface area contributed by atoms with Crippen LogP contribution in [0.2, 0.25) is 0 Å². The fraction of sp³-hybridized carbons (Fsp3) is 0.529. The number of aliphatic hydroxyl groups excluding tert-OH is 2. The van der Waals surface area contributed by atoms with Crippen molar-refractivity contribution < 1.29 is 25.9 Å². The maximum Gasteiger partial charge on any atom is 0.323 e. The summed E-state index contributed by atoms with van der Waals surface area (Å²) in [5, 5.41) is 41.1. The maximum absolute atomic E-state index is 12.3. The fourth-order valence-electron chi connectivity index (χ4n) is 3.12.